The Morgan fingerprint density at radius 2 is 1.66 bits per heavy atom. The molecule has 0 saturated heterocycles. The first kappa shape index (κ1) is 24.3. The van der Waals surface area contributed by atoms with Crippen LogP contribution in [0.4, 0.5) is 4.79 Å². The van der Waals surface area contributed by atoms with Crippen LogP contribution in [0, 0.1) is 0 Å². The van der Waals surface area contributed by atoms with Gasteiger partial charge in [-0.3, -0.25) is 9.79 Å². The molecule has 0 fully saturated rings. The van der Waals surface area contributed by atoms with Gasteiger partial charge in [0.15, 0.2) is 5.96 Å². The van der Waals surface area contributed by atoms with E-state index in [0.29, 0.717) is 12.5 Å². The summed E-state index contributed by atoms with van der Waals surface area (Å²) >= 11 is 0. The summed E-state index contributed by atoms with van der Waals surface area (Å²) < 4.78 is 5.37. The lowest BCUT2D eigenvalue weighted by atomic mass is 10.1. The highest BCUT2D eigenvalue weighted by molar-refractivity contribution is 5.86. The number of hydrogen-bond acceptors (Lipinski definition) is 4. The van der Waals surface area contributed by atoms with Crippen LogP contribution >= 0.6 is 0 Å². The van der Waals surface area contributed by atoms with Gasteiger partial charge in [0, 0.05) is 19.1 Å². The van der Waals surface area contributed by atoms with Crippen LogP contribution in [0.3, 0.4) is 0 Å². The lowest BCUT2D eigenvalue weighted by Gasteiger charge is -2.25. The zero-order valence-corrected chi connectivity index (χ0v) is 18.6. The lowest BCUT2D eigenvalue weighted by molar-refractivity contribution is -0.121. The van der Waals surface area contributed by atoms with E-state index in [1.807, 2.05) is 71.9 Å². The fourth-order valence-electron chi connectivity index (χ4n) is 2.43. The van der Waals surface area contributed by atoms with Gasteiger partial charge in [-0.25, -0.2) is 4.79 Å². The summed E-state index contributed by atoms with van der Waals surface area (Å²) in [7, 11) is 1.62. The van der Waals surface area contributed by atoms with Gasteiger partial charge in [0.25, 0.3) is 0 Å². The smallest absolute Gasteiger partial charge is 0.408 e. The maximum absolute atomic E-state index is 12.2. The molecule has 1 aromatic carbocycles. The van der Waals surface area contributed by atoms with Crippen molar-refractivity contribution in [2.75, 3.05) is 20.1 Å². The molecule has 0 radical (unpaired) electrons. The second kappa shape index (κ2) is 10.7. The molecule has 1 unspecified atom stereocenters. The largest absolute Gasteiger partial charge is 0.444 e. The molecule has 8 nitrogen and oxygen atoms in total. The second-order valence-electron chi connectivity index (χ2n) is 8.71. The number of guanidine groups is 1. The number of ether oxygens (including phenoxy) is 1. The number of benzene rings is 1. The number of hydrogen-bond donors (Lipinski definition) is 4. The normalized spacial score (nSPS) is 13.3. The van der Waals surface area contributed by atoms with E-state index in [-0.39, 0.29) is 24.0 Å². The predicted octanol–water partition coefficient (Wildman–Crippen LogP) is 2.33. The molecule has 162 valence electrons. The van der Waals surface area contributed by atoms with E-state index in [0.717, 1.165) is 5.56 Å². The molecule has 0 heterocycles. The van der Waals surface area contributed by atoms with E-state index in [9.17, 15) is 9.59 Å². The van der Waals surface area contributed by atoms with Crippen molar-refractivity contribution in [1.29, 1.82) is 0 Å². The third-order valence-electron chi connectivity index (χ3n) is 3.52. The summed E-state index contributed by atoms with van der Waals surface area (Å²) in [5, 5.41) is 11.9. The average Bonchev–Trinajstić information content (AvgIpc) is 2.58. The number of aliphatic imine (C=N–C) groups is 1. The summed E-state index contributed by atoms with van der Waals surface area (Å²) in [5.74, 6) is 0.327. The molecule has 4 N–H and O–H groups in total. The standard InChI is InChI=1S/C21H35N5O3/c1-20(2,3)26-17(27)14-24-18(22-7)23-13-16(15-11-9-8-10-12-15)25-19(28)29-21(4,5)6/h8-12,16H,13-14H2,1-7H3,(H,25,28)(H,26,27)(H2,22,23,24). The summed E-state index contributed by atoms with van der Waals surface area (Å²) in [6.07, 6.45) is -0.499. The number of alkyl carbamates (subject to hydrolysis) is 1. The first-order valence-electron chi connectivity index (χ1n) is 9.69. The summed E-state index contributed by atoms with van der Waals surface area (Å²) in [5.41, 5.74) is 0.0363. The van der Waals surface area contributed by atoms with Gasteiger partial charge < -0.3 is 26.0 Å². The fraction of sp³-hybridized carbons (Fsp3) is 0.571. The third kappa shape index (κ3) is 11.0. The van der Waals surface area contributed by atoms with Gasteiger partial charge in [-0.05, 0) is 47.1 Å². The van der Waals surface area contributed by atoms with Crippen LogP contribution in [0.5, 0.6) is 0 Å². The minimum Gasteiger partial charge on any atom is -0.444 e. The number of nitrogens with zero attached hydrogens (tertiary/aromatic N) is 1. The van der Waals surface area contributed by atoms with Crippen LogP contribution in [0.1, 0.15) is 53.1 Å². The van der Waals surface area contributed by atoms with Crippen LogP contribution in [-0.2, 0) is 9.53 Å². The Labute approximate surface area is 173 Å². The predicted molar refractivity (Wildman–Crippen MR) is 116 cm³/mol. The Morgan fingerprint density at radius 1 is 1.03 bits per heavy atom. The van der Waals surface area contributed by atoms with Crippen LogP contribution in [0.25, 0.3) is 0 Å². The Kier molecular flexibility index (Phi) is 8.94. The minimum atomic E-state index is -0.587. The van der Waals surface area contributed by atoms with Crippen molar-refractivity contribution in [3.8, 4) is 0 Å². The average molecular weight is 406 g/mol. The molecule has 0 saturated carbocycles. The number of nitrogens with one attached hydrogen (secondary N) is 4. The number of carbonyl (C=O) groups excluding carboxylic acids is 2. The SMILES string of the molecule is CN=C(NCC(=O)NC(C)(C)C)NCC(NC(=O)OC(C)(C)C)c1ccccc1. The first-order chi connectivity index (χ1) is 13.4. The van der Waals surface area contributed by atoms with Crippen molar-refractivity contribution in [3.63, 3.8) is 0 Å². The molecule has 29 heavy (non-hydrogen) atoms. The molecule has 1 atom stereocenters. The van der Waals surface area contributed by atoms with E-state index in [1.165, 1.54) is 0 Å². The highest BCUT2D eigenvalue weighted by Crippen LogP contribution is 2.14. The van der Waals surface area contributed by atoms with E-state index in [4.69, 9.17) is 4.74 Å². The van der Waals surface area contributed by atoms with E-state index >= 15 is 0 Å². The topological polar surface area (TPSA) is 104 Å². The van der Waals surface area contributed by atoms with Crippen LogP contribution in [0.15, 0.2) is 35.3 Å². The molecule has 0 aliphatic carbocycles. The highest BCUT2D eigenvalue weighted by atomic mass is 16.6. The quantitative estimate of drug-likeness (QED) is 0.430. The minimum absolute atomic E-state index is 0.0897. The highest BCUT2D eigenvalue weighted by Gasteiger charge is 2.21. The summed E-state index contributed by atoms with van der Waals surface area (Å²) in [6.45, 7) is 11.7. The van der Waals surface area contributed by atoms with Gasteiger partial charge in [0.1, 0.15) is 5.60 Å². The summed E-state index contributed by atoms with van der Waals surface area (Å²) in [6, 6.07) is 9.24. The van der Waals surface area contributed by atoms with Crippen LogP contribution in [0.2, 0.25) is 0 Å². The van der Waals surface area contributed by atoms with Gasteiger partial charge in [-0.15, -0.1) is 0 Å². The van der Waals surface area contributed by atoms with Gasteiger partial charge in [0.2, 0.25) is 5.91 Å². The molecule has 2 amide bonds. The lowest BCUT2D eigenvalue weighted by Crippen LogP contribution is -2.49. The molecule has 0 bridgehead atoms. The van der Waals surface area contributed by atoms with Gasteiger partial charge in [0.05, 0.1) is 12.6 Å². The molecular weight excluding hydrogens is 370 g/mol. The number of rotatable bonds is 6. The monoisotopic (exact) mass is 405 g/mol. The van der Waals surface area contributed by atoms with Crippen molar-refractivity contribution in [2.45, 2.75) is 58.7 Å². The molecule has 1 aromatic rings. The fourth-order valence-corrected chi connectivity index (χ4v) is 2.43. The van der Waals surface area contributed by atoms with Gasteiger partial charge in [-0.1, -0.05) is 30.3 Å². The Balaban J connectivity index is 2.70. The third-order valence-corrected chi connectivity index (χ3v) is 3.52. The van der Waals surface area contributed by atoms with Crippen molar-refractivity contribution in [1.82, 2.24) is 21.3 Å². The van der Waals surface area contributed by atoms with Gasteiger partial charge in [-0.2, -0.15) is 0 Å². The Bertz CT molecular complexity index is 691. The number of amides is 2. The van der Waals surface area contributed by atoms with Crippen molar-refractivity contribution >= 4 is 18.0 Å². The molecule has 0 aliphatic heterocycles. The van der Waals surface area contributed by atoms with Crippen molar-refractivity contribution < 1.29 is 14.3 Å². The Morgan fingerprint density at radius 3 is 2.17 bits per heavy atom. The van der Waals surface area contributed by atoms with Crippen LogP contribution in [-0.4, -0.2) is 49.2 Å². The van der Waals surface area contributed by atoms with Crippen molar-refractivity contribution in [3.05, 3.63) is 35.9 Å². The zero-order valence-electron chi connectivity index (χ0n) is 18.6. The maximum Gasteiger partial charge on any atom is 0.408 e. The van der Waals surface area contributed by atoms with Crippen LogP contribution < -0.4 is 21.3 Å². The number of carbonyl (C=O) groups is 2. The van der Waals surface area contributed by atoms with Crippen molar-refractivity contribution in [2.24, 2.45) is 4.99 Å². The molecule has 8 heteroatoms. The van der Waals surface area contributed by atoms with E-state index in [1.54, 1.807) is 7.05 Å². The molecule has 0 aromatic heterocycles. The summed E-state index contributed by atoms with van der Waals surface area (Å²) in [4.78, 5) is 28.4. The molecule has 0 spiro atoms. The van der Waals surface area contributed by atoms with E-state index < -0.39 is 11.7 Å². The first-order valence-corrected chi connectivity index (χ1v) is 9.69. The van der Waals surface area contributed by atoms with Gasteiger partial charge >= 0.3 is 6.09 Å². The molecule has 0 aliphatic rings. The second-order valence-corrected chi connectivity index (χ2v) is 8.71. The molecule has 1 rings (SSSR count). The zero-order chi connectivity index (χ0) is 22.1. The Hall–Kier alpha value is -2.77. The molecular formula is C21H35N5O3. The van der Waals surface area contributed by atoms with E-state index in [2.05, 4.69) is 26.3 Å². The maximum atomic E-state index is 12.2.